The van der Waals surface area contributed by atoms with E-state index in [4.69, 9.17) is 0 Å². The van der Waals surface area contributed by atoms with Crippen molar-refractivity contribution in [2.45, 2.75) is 142 Å². The molecule has 31 heavy (non-hydrogen) atoms. The van der Waals surface area contributed by atoms with Gasteiger partial charge in [0.15, 0.2) is 0 Å². The Morgan fingerprint density at radius 3 is 1.45 bits per heavy atom. The molecular formula is C31H62. The molecule has 0 aliphatic rings. The standard InChI is InChI=1S/C31H62/c1-17-27(8,9)20-19-21-30(14,15)31(16,18-2)23-29(12,13)25(4)24(3)28(10,11)22-26(5,6)7/h18,24-25H,2,17,19-23H2,1,3-16H3. The molecule has 0 amide bonds. The number of hydrogen-bond acceptors (Lipinski definition) is 0. The van der Waals surface area contributed by atoms with E-state index >= 15 is 0 Å². The van der Waals surface area contributed by atoms with E-state index in [1.54, 1.807) is 0 Å². The zero-order chi connectivity index (χ0) is 25.1. The van der Waals surface area contributed by atoms with Crippen molar-refractivity contribution in [3.8, 4) is 0 Å². The van der Waals surface area contributed by atoms with Gasteiger partial charge in [0, 0.05) is 0 Å². The molecule has 0 radical (unpaired) electrons. The highest BCUT2D eigenvalue weighted by Crippen LogP contribution is 2.55. The van der Waals surface area contributed by atoms with Crippen LogP contribution in [-0.2, 0) is 0 Å². The van der Waals surface area contributed by atoms with Gasteiger partial charge in [-0.3, -0.25) is 0 Å². The van der Waals surface area contributed by atoms with Gasteiger partial charge >= 0.3 is 0 Å². The molecule has 0 rings (SSSR count). The first kappa shape index (κ1) is 30.7. The minimum atomic E-state index is 0.134. The summed E-state index contributed by atoms with van der Waals surface area (Å²) >= 11 is 0. The van der Waals surface area contributed by atoms with Crippen LogP contribution in [0.2, 0.25) is 0 Å². The van der Waals surface area contributed by atoms with Crippen LogP contribution < -0.4 is 0 Å². The fourth-order valence-corrected chi connectivity index (χ4v) is 6.05. The van der Waals surface area contributed by atoms with Crippen LogP contribution in [0, 0.1) is 44.3 Å². The van der Waals surface area contributed by atoms with Crippen molar-refractivity contribution in [2.75, 3.05) is 0 Å². The van der Waals surface area contributed by atoms with Crippen molar-refractivity contribution in [3.63, 3.8) is 0 Å². The topological polar surface area (TPSA) is 0 Å². The minimum Gasteiger partial charge on any atom is -0.103 e. The Bertz CT molecular complexity index is 551. The van der Waals surface area contributed by atoms with E-state index in [0.29, 0.717) is 28.1 Å². The molecule has 0 heteroatoms. The summed E-state index contributed by atoms with van der Waals surface area (Å²) in [5.41, 5.74) is 1.81. The van der Waals surface area contributed by atoms with E-state index in [-0.39, 0.29) is 16.2 Å². The molecule has 0 aromatic carbocycles. The van der Waals surface area contributed by atoms with E-state index in [1.165, 1.54) is 38.5 Å². The van der Waals surface area contributed by atoms with Gasteiger partial charge in [0.2, 0.25) is 0 Å². The Hall–Kier alpha value is -0.260. The molecule has 0 aromatic rings. The van der Waals surface area contributed by atoms with Gasteiger partial charge in [0.05, 0.1) is 0 Å². The first-order chi connectivity index (χ1) is 13.6. The third-order valence-electron chi connectivity index (χ3n) is 9.63. The molecule has 0 bridgehead atoms. The lowest BCUT2D eigenvalue weighted by molar-refractivity contribution is -0.00236. The number of allylic oxidation sites excluding steroid dienone is 1. The largest absolute Gasteiger partial charge is 0.103 e. The van der Waals surface area contributed by atoms with Crippen molar-refractivity contribution in [1.29, 1.82) is 0 Å². The monoisotopic (exact) mass is 434 g/mol. The molecule has 186 valence electrons. The third kappa shape index (κ3) is 8.89. The number of rotatable bonds is 13. The summed E-state index contributed by atoms with van der Waals surface area (Å²) in [5, 5.41) is 0. The quantitative estimate of drug-likeness (QED) is 0.253. The summed E-state index contributed by atoms with van der Waals surface area (Å²) in [7, 11) is 0. The van der Waals surface area contributed by atoms with Crippen LogP contribution in [0.4, 0.5) is 0 Å². The van der Waals surface area contributed by atoms with Gasteiger partial charge in [0.25, 0.3) is 0 Å². The average molecular weight is 435 g/mol. The van der Waals surface area contributed by atoms with Gasteiger partial charge in [-0.15, -0.1) is 6.58 Å². The van der Waals surface area contributed by atoms with E-state index in [9.17, 15) is 0 Å². The SMILES string of the molecule is C=CC(C)(CC(C)(C)C(C)C(C)C(C)(C)CC(C)(C)C)C(C)(C)CCCC(C)(C)CC. The molecule has 0 aliphatic heterocycles. The maximum Gasteiger partial charge on any atom is -0.00929 e. The van der Waals surface area contributed by atoms with Gasteiger partial charge in [-0.25, -0.2) is 0 Å². The lowest BCUT2D eigenvalue weighted by atomic mass is 9.53. The third-order valence-corrected chi connectivity index (χ3v) is 9.63. The average Bonchev–Trinajstić information content (AvgIpc) is 2.57. The van der Waals surface area contributed by atoms with E-state index < -0.39 is 0 Å². The van der Waals surface area contributed by atoms with Crippen molar-refractivity contribution in [3.05, 3.63) is 12.7 Å². The summed E-state index contributed by atoms with van der Waals surface area (Å²) in [4.78, 5) is 0. The molecule has 0 N–H and O–H groups in total. The van der Waals surface area contributed by atoms with Gasteiger partial charge < -0.3 is 0 Å². The summed E-state index contributed by atoms with van der Waals surface area (Å²) < 4.78 is 0. The predicted molar refractivity (Wildman–Crippen MR) is 145 cm³/mol. The molecule has 3 atom stereocenters. The fraction of sp³-hybridized carbons (Fsp3) is 0.935. The normalized spacial score (nSPS) is 18.4. The number of hydrogen-bond donors (Lipinski definition) is 0. The first-order valence-electron chi connectivity index (χ1n) is 13.2. The first-order valence-corrected chi connectivity index (χ1v) is 13.2. The van der Waals surface area contributed by atoms with E-state index in [2.05, 4.69) is 117 Å². The highest BCUT2D eigenvalue weighted by molar-refractivity contribution is 5.05. The molecule has 0 aliphatic carbocycles. The zero-order valence-corrected chi connectivity index (χ0v) is 24.7. The van der Waals surface area contributed by atoms with Crippen LogP contribution >= 0.6 is 0 Å². The molecule has 3 unspecified atom stereocenters. The molecule has 0 aromatic heterocycles. The minimum absolute atomic E-state index is 0.134. The Labute approximate surface area is 199 Å². The Morgan fingerprint density at radius 2 is 1.10 bits per heavy atom. The van der Waals surface area contributed by atoms with Crippen LogP contribution in [-0.4, -0.2) is 0 Å². The Kier molecular flexibility index (Phi) is 10.3. The highest BCUT2D eigenvalue weighted by atomic mass is 14.5. The van der Waals surface area contributed by atoms with Crippen LogP contribution in [0.1, 0.15) is 142 Å². The van der Waals surface area contributed by atoms with Crippen LogP contribution in [0.15, 0.2) is 12.7 Å². The van der Waals surface area contributed by atoms with Crippen LogP contribution in [0.3, 0.4) is 0 Å². The Balaban J connectivity index is 5.53. The second-order valence-electron chi connectivity index (χ2n) is 15.3. The second-order valence-corrected chi connectivity index (χ2v) is 15.3. The van der Waals surface area contributed by atoms with Crippen molar-refractivity contribution < 1.29 is 0 Å². The highest BCUT2D eigenvalue weighted by Gasteiger charge is 2.46. The summed E-state index contributed by atoms with van der Waals surface area (Å²) in [6.07, 6.45) is 9.91. The summed E-state index contributed by atoms with van der Waals surface area (Å²) in [5.74, 6) is 1.32. The molecule has 0 heterocycles. The summed E-state index contributed by atoms with van der Waals surface area (Å²) in [6.45, 7) is 41.1. The maximum absolute atomic E-state index is 4.36. The lowest BCUT2D eigenvalue weighted by Crippen LogP contribution is -2.43. The van der Waals surface area contributed by atoms with Gasteiger partial charge in [-0.05, 0) is 70.0 Å². The molecule has 0 spiro atoms. The Morgan fingerprint density at radius 1 is 0.677 bits per heavy atom. The second kappa shape index (κ2) is 10.3. The van der Waals surface area contributed by atoms with Crippen molar-refractivity contribution >= 4 is 0 Å². The van der Waals surface area contributed by atoms with Gasteiger partial charge in [0.1, 0.15) is 0 Å². The van der Waals surface area contributed by atoms with Crippen molar-refractivity contribution in [1.82, 2.24) is 0 Å². The molecule has 0 fully saturated rings. The van der Waals surface area contributed by atoms with Gasteiger partial charge in [-0.1, -0.05) is 123 Å². The molecular weight excluding hydrogens is 372 g/mol. The van der Waals surface area contributed by atoms with E-state index in [1.807, 2.05) is 0 Å². The van der Waals surface area contributed by atoms with Crippen LogP contribution in [0.5, 0.6) is 0 Å². The molecule has 0 saturated heterocycles. The fourth-order valence-electron chi connectivity index (χ4n) is 6.05. The smallest absolute Gasteiger partial charge is 0.00929 e. The van der Waals surface area contributed by atoms with Crippen LogP contribution in [0.25, 0.3) is 0 Å². The van der Waals surface area contributed by atoms with Gasteiger partial charge in [-0.2, -0.15) is 0 Å². The lowest BCUT2D eigenvalue weighted by Gasteiger charge is -2.51. The zero-order valence-electron chi connectivity index (χ0n) is 24.7. The van der Waals surface area contributed by atoms with Crippen molar-refractivity contribution in [2.24, 2.45) is 44.3 Å². The molecule has 0 nitrogen and oxygen atoms in total. The predicted octanol–water partition coefficient (Wildman–Crippen LogP) is 11.0. The summed E-state index contributed by atoms with van der Waals surface area (Å²) in [6, 6.07) is 0. The maximum atomic E-state index is 4.36. The van der Waals surface area contributed by atoms with E-state index in [0.717, 1.165) is 0 Å². The molecule has 0 saturated carbocycles.